The van der Waals surface area contributed by atoms with E-state index in [2.05, 4.69) is 4.98 Å². The Bertz CT molecular complexity index is 911. The number of fused-ring (bicyclic) bond motifs is 3. The molecule has 4 nitrogen and oxygen atoms in total. The Morgan fingerprint density at radius 2 is 1.71 bits per heavy atom. The monoisotopic (exact) mass is 416 g/mol. The Morgan fingerprint density at radius 3 is 2.29 bits per heavy atom. The molecule has 2 heterocycles. The van der Waals surface area contributed by atoms with Gasteiger partial charge in [0.2, 0.25) is 0 Å². The van der Waals surface area contributed by atoms with Crippen molar-refractivity contribution in [3.63, 3.8) is 0 Å². The van der Waals surface area contributed by atoms with Crippen molar-refractivity contribution >= 4 is 16.9 Å². The molecule has 0 radical (unpaired) electrons. The third-order valence-corrected chi connectivity index (χ3v) is 4.68. The van der Waals surface area contributed by atoms with Crippen molar-refractivity contribution in [2.45, 2.75) is 42.7 Å². The van der Waals surface area contributed by atoms with Gasteiger partial charge in [-0.05, 0) is 11.6 Å². The van der Waals surface area contributed by atoms with Gasteiger partial charge in [0.05, 0.1) is 0 Å². The average Bonchev–Trinajstić information content (AvgIpc) is 2.98. The number of para-hydroxylation sites is 1. The van der Waals surface area contributed by atoms with Crippen LogP contribution in [0.4, 0.5) is 35.1 Å². The number of H-pyrrole nitrogens is 1. The van der Waals surface area contributed by atoms with Gasteiger partial charge < -0.3 is 10.1 Å². The molecule has 1 aromatic heterocycles. The molecule has 3 N–H and O–H groups in total. The maximum absolute atomic E-state index is 14.5. The van der Waals surface area contributed by atoms with E-state index in [0.717, 1.165) is 0 Å². The summed E-state index contributed by atoms with van der Waals surface area (Å²) >= 11 is 0. The van der Waals surface area contributed by atoms with E-state index in [1.54, 1.807) is 5.32 Å². The van der Waals surface area contributed by atoms with Crippen LogP contribution in [0.25, 0.3) is 10.9 Å². The summed E-state index contributed by atoms with van der Waals surface area (Å²) in [6.45, 7) is 0. The maximum Gasteiger partial charge on any atom is 0.379 e. The fourth-order valence-corrected chi connectivity index (χ4v) is 3.22. The fraction of sp³-hybridized carbons (Fsp3) is 0.438. The molecule has 0 amide bonds. The summed E-state index contributed by atoms with van der Waals surface area (Å²) in [7, 11) is 0. The van der Waals surface area contributed by atoms with E-state index in [1.165, 1.54) is 24.3 Å². The van der Waals surface area contributed by atoms with Crippen LogP contribution in [0, 0.1) is 0 Å². The average molecular weight is 416 g/mol. The van der Waals surface area contributed by atoms with Crippen LogP contribution in [-0.4, -0.2) is 46.3 Å². The number of hydrogen-bond acceptors (Lipinski definition) is 2. The van der Waals surface area contributed by atoms with Crippen molar-refractivity contribution < 1.29 is 45.0 Å². The summed E-state index contributed by atoms with van der Waals surface area (Å²) in [5.41, 5.74) is -0.582. The normalized spacial score (nSPS) is 21.2. The second-order valence-electron chi connectivity index (χ2n) is 6.38. The molecular weight excluding hydrogens is 404 g/mol. The van der Waals surface area contributed by atoms with E-state index >= 15 is 0 Å². The third kappa shape index (κ3) is 2.73. The molecule has 0 unspecified atom stereocenters. The topological polar surface area (TPSA) is 65.1 Å². The number of carbonyl (C=O) groups is 1. The fourth-order valence-electron chi connectivity index (χ4n) is 3.22. The molecule has 1 aliphatic heterocycles. The molecule has 2 aromatic rings. The Hall–Kier alpha value is -2.37. The molecule has 28 heavy (non-hydrogen) atoms. The van der Waals surface area contributed by atoms with Crippen molar-refractivity contribution in [2.24, 2.45) is 0 Å². The highest BCUT2D eigenvalue weighted by Gasteiger charge is 2.78. The number of aromatic amines is 1. The summed E-state index contributed by atoms with van der Waals surface area (Å²) in [4.78, 5) is 13.7. The van der Waals surface area contributed by atoms with Crippen LogP contribution < -0.4 is 5.32 Å². The number of carboxylic acids is 1. The molecule has 0 aliphatic carbocycles. The zero-order valence-corrected chi connectivity index (χ0v) is 13.6. The van der Waals surface area contributed by atoms with Gasteiger partial charge in [-0.1, -0.05) is 18.2 Å². The van der Waals surface area contributed by atoms with Gasteiger partial charge in [0, 0.05) is 23.0 Å². The van der Waals surface area contributed by atoms with Crippen LogP contribution in [-0.2, 0) is 11.2 Å². The van der Waals surface area contributed by atoms with Gasteiger partial charge in [0.1, 0.15) is 12.1 Å². The van der Waals surface area contributed by atoms with Crippen LogP contribution in [0.1, 0.15) is 17.3 Å². The first-order valence-electron chi connectivity index (χ1n) is 7.82. The van der Waals surface area contributed by atoms with Gasteiger partial charge in [-0.3, -0.25) is 10.1 Å². The van der Waals surface area contributed by atoms with E-state index in [1.807, 2.05) is 0 Å². The lowest BCUT2D eigenvalue weighted by Crippen LogP contribution is -2.63. The van der Waals surface area contributed by atoms with Gasteiger partial charge in [0.15, 0.2) is 0 Å². The Morgan fingerprint density at radius 1 is 1.11 bits per heavy atom. The highest BCUT2D eigenvalue weighted by molar-refractivity contribution is 5.86. The summed E-state index contributed by atoms with van der Waals surface area (Å²) in [6.07, 6.45) is -5.47. The summed E-state index contributed by atoms with van der Waals surface area (Å²) < 4.78 is 108. The Labute approximate surface area is 151 Å². The van der Waals surface area contributed by atoms with Gasteiger partial charge in [-0.15, -0.1) is 0 Å². The predicted molar refractivity (Wildman–Crippen MR) is 80.1 cm³/mol. The van der Waals surface area contributed by atoms with Gasteiger partial charge >= 0.3 is 30.2 Å². The minimum atomic E-state index is -6.47. The molecule has 154 valence electrons. The van der Waals surface area contributed by atoms with Gasteiger partial charge in [0.25, 0.3) is 0 Å². The van der Waals surface area contributed by atoms with Crippen LogP contribution in [0.15, 0.2) is 24.3 Å². The Balaban J connectivity index is 2.19. The molecule has 2 atom stereocenters. The molecule has 0 bridgehead atoms. The standard InChI is InChI=1S/C16H12F8N2O2/c17-13(18)15(21,22)16(23,24)14(19,20)11-10-7(5-9(26-11)12(27)28)6-3-1-2-4-8(6)25-10/h1-4,9,11,13,25-26H,5H2,(H,27,28)/t9-,11-/m0/s1. The largest absolute Gasteiger partial charge is 0.480 e. The minimum Gasteiger partial charge on any atom is -0.480 e. The van der Waals surface area contributed by atoms with Crippen molar-refractivity contribution in [3.8, 4) is 0 Å². The lowest BCUT2D eigenvalue weighted by Gasteiger charge is -2.40. The molecule has 0 saturated carbocycles. The number of nitrogens with one attached hydrogen (secondary N) is 2. The van der Waals surface area contributed by atoms with E-state index in [0.29, 0.717) is 0 Å². The number of carboxylic acid groups (broad SMARTS) is 1. The van der Waals surface area contributed by atoms with Crippen molar-refractivity contribution in [3.05, 3.63) is 35.5 Å². The molecule has 12 heteroatoms. The second-order valence-corrected chi connectivity index (χ2v) is 6.38. The number of halogens is 8. The number of rotatable bonds is 5. The summed E-state index contributed by atoms with van der Waals surface area (Å²) in [5.74, 6) is -20.3. The molecule has 0 saturated heterocycles. The number of aromatic nitrogens is 1. The predicted octanol–water partition coefficient (Wildman–Crippen LogP) is 3.98. The third-order valence-electron chi connectivity index (χ3n) is 4.68. The first-order valence-corrected chi connectivity index (χ1v) is 7.82. The second kappa shape index (κ2) is 6.33. The first kappa shape index (κ1) is 20.4. The zero-order chi connectivity index (χ0) is 21.1. The lowest BCUT2D eigenvalue weighted by molar-refractivity contribution is -0.346. The molecule has 0 spiro atoms. The van der Waals surface area contributed by atoms with Crippen LogP contribution in [0.2, 0.25) is 0 Å². The van der Waals surface area contributed by atoms with E-state index < -0.39 is 54.4 Å². The maximum atomic E-state index is 14.5. The molecule has 3 rings (SSSR count). The quantitative estimate of drug-likeness (QED) is 0.647. The highest BCUT2D eigenvalue weighted by Crippen LogP contribution is 2.54. The SMILES string of the molecule is O=C(O)[C@@H]1Cc2c([nH]c3ccccc23)[C@@H](C(F)(F)C(F)(F)C(F)(F)C(F)F)N1. The molecule has 1 aromatic carbocycles. The number of aliphatic carboxylic acids is 1. The summed E-state index contributed by atoms with van der Waals surface area (Å²) in [6, 6.07) is 0.934. The van der Waals surface area contributed by atoms with Crippen LogP contribution >= 0.6 is 0 Å². The van der Waals surface area contributed by atoms with Crippen LogP contribution in [0.3, 0.4) is 0 Å². The van der Waals surface area contributed by atoms with Crippen LogP contribution in [0.5, 0.6) is 0 Å². The number of hydrogen-bond donors (Lipinski definition) is 3. The summed E-state index contributed by atoms with van der Waals surface area (Å²) in [5, 5.41) is 11.1. The lowest BCUT2D eigenvalue weighted by atomic mass is 9.87. The smallest absolute Gasteiger partial charge is 0.379 e. The van der Waals surface area contributed by atoms with E-state index in [9.17, 15) is 39.9 Å². The van der Waals surface area contributed by atoms with E-state index in [-0.39, 0.29) is 16.5 Å². The van der Waals surface area contributed by atoms with Crippen molar-refractivity contribution in [1.82, 2.24) is 10.3 Å². The molecular formula is C16H12F8N2O2. The van der Waals surface area contributed by atoms with Gasteiger partial charge in [-0.25, -0.2) is 8.78 Å². The molecule has 1 aliphatic rings. The minimum absolute atomic E-state index is 0.0948. The molecule has 0 fully saturated rings. The van der Waals surface area contributed by atoms with Gasteiger partial charge in [-0.2, -0.15) is 26.3 Å². The number of alkyl halides is 8. The van der Waals surface area contributed by atoms with E-state index in [4.69, 9.17) is 5.11 Å². The van der Waals surface area contributed by atoms with Crippen molar-refractivity contribution in [2.75, 3.05) is 0 Å². The Kier molecular flexibility index (Phi) is 4.60. The highest BCUT2D eigenvalue weighted by atomic mass is 19.4. The van der Waals surface area contributed by atoms with Crippen molar-refractivity contribution in [1.29, 1.82) is 0 Å². The zero-order valence-electron chi connectivity index (χ0n) is 13.6. The number of benzene rings is 1. The first-order chi connectivity index (χ1) is 12.8.